The predicted octanol–water partition coefficient (Wildman–Crippen LogP) is 1.70. The maximum Gasteiger partial charge on any atom is 0.240 e. The molecule has 1 aliphatic heterocycles. The molecular formula is C12H16N2O2S. The zero-order chi connectivity index (χ0) is 12.3. The normalized spacial score (nSPS) is 25.2. The smallest absolute Gasteiger partial charge is 0.240 e. The molecule has 0 radical (unpaired) electrons. The van der Waals surface area contributed by atoms with Crippen LogP contribution >= 0.6 is 11.8 Å². The first-order valence-corrected chi connectivity index (χ1v) is 7.20. The first-order valence-electron chi connectivity index (χ1n) is 6.04. The van der Waals surface area contributed by atoms with Crippen LogP contribution < -0.4 is 0 Å². The van der Waals surface area contributed by atoms with Crippen molar-refractivity contribution in [3.8, 4) is 6.07 Å². The molecule has 5 heteroatoms. The third-order valence-electron chi connectivity index (χ3n) is 3.52. The molecule has 1 saturated heterocycles. The van der Waals surface area contributed by atoms with Crippen molar-refractivity contribution in [2.24, 2.45) is 0 Å². The molecule has 2 amide bonds. The van der Waals surface area contributed by atoms with E-state index in [4.69, 9.17) is 0 Å². The molecule has 2 aliphatic rings. The average molecular weight is 252 g/mol. The zero-order valence-electron chi connectivity index (χ0n) is 9.78. The van der Waals surface area contributed by atoms with Gasteiger partial charge in [0, 0.05) is 0 Å². The molecule has 0 aromatic heterocycles. The first kappa shape index (κ1) is 12.4. The Labute approximate surface area is 105 Å². The minimum atomic E-state index is -0.856. The van der Waals surface area contributed by atoms with Crippen LogP contribution in [-0.2, 0) is 9.59 Å². The van der Waals surface area contributed by atoms with E-state index in [1.54, 1.807) is 0 Å². The number of hydrogen-bond donors (Lipinski definition) is 0. The maximum absolute atomic E-state index is 11.9. The van der Waals surface area contributed by atoms with Gasteiger partial charge in [-0.3, -0.25) is 14.5 Å². The quantitative estimate of drug-likeness (QED) is 0.526. The standard InChI is InChI=1S/C12H16N2O2S/c13-9-12(5-3-1-2-4-6-12)14-10(15)7-17-8-11(14)16/h1-8H2. The van der Waals surface area contributed by atoms with Gasteiger partial charge in [-0.05, 0) is 12.8 Å². The van der Waals surface area contributed by atoms with Gasteiger partial charge in [-0.15, -0.1) is 11.8 Å². The summed E-state index contributed by atoms with van der Waals surface area (Å²) in [7, 11) is 0. The highest BCUT2D eigenvalue weighted by Gasteiger charge is 2.45. The van der Waals surface area contributed by atoms with Crippen molar-refractivity contribution >= 4 is 23.6 Å². The van der Waals surface area contributed by atoms with Crippen LogP contribution in [0.2, 0.25) is 0 Å². The van der Waals surface area contributed by atoms with Crippen molar-refractivity contribution in [3.05, 3.63) is 0 Å². The van der Waals surface area contributed by atoms with Crippen molar-refractivity contribution in [1.82, 2.24) is 4.90 Å². The minimum Gasteiger partial charge on any atom is -0.273 e. The highest BCUT2D eigenvalue weighted by atomic mass is 32.2. The summed E-state index contributed by atoms with van der Waals surface area (Å²) in [6, 6.07) is 2.26. The summed E-state index contributed by atoms with van der Waals surface area (Å²) >= 11 is 1.34. The molecule has 0 aromatic carbocycles. The lowest BCUT2D eigenvalue weighted by atomic mass is 9.89. The van der Waals surface area contributed by atoms with Gasteiger partial charge in [-0.1, -0.05) is 25.7 Å². The van der Waals surface area contributed by atoms with Gasteiger partial charge in [0.05, 0.1) is 17.6 Å². The van der Waals surface area contributed by atoms with Crippen LogP contribution in [0.3, 0.4) is 0 Å². The topological polar surface area (TPSA) is 61.2 Å². The minimum absolute atomic E-state index is 0.185. The molecule has 1 saturated carbocycles. The van der Waals surface area contributed by atoms with E-state index in [2.05, 4.69) is 6.07 Å². The second-order valence-electron chi connectivity index (χ2n) is 4.67. The van der Waals surface area contributed by atoms with Gasteiger partial charge >= 0.3 is 0 Å². The van der Waals surface area contributed by atoms with E-state index >= 15 is 0 Å². The van der Waals surface area contributed by atoms with Crippen LogP contribution in [-0.4, -0.2) is 33.8 Å². The van der Waals surface area contributed by atoms with E-state index in [1.165, 1.54) is 16.7 Å². The average Bonchev–Trinajstić information content (AvgIpc) is 2.55. The Balaban J connectivity index is 2.29. The van der Waals surface area contributed by atoms with Gasteiger partial charge in [0.15, 0.2) is 0 Å². The van der Waals surface area contributed by atoms with Gasteiger partial charge in [0.25, 0.3) is 0 Å². The number of rotatable bonds is 1. The van der Waals surface area contributed by atoms with E-state index in [1.807, 2.05) is 0 Å². The van der Waals surface area contributed by atoms with Crippen LogP contribution in [0.5, 0.6) is 0 Å². The fourth-order valence-electron chi connectivity index (χ4n) is 2.67. The first-order chi connectivity index (χ1) is 8.19. The highest BCUT2D eigenvalue weighted by molar-refractivity contribution is 8.00. The van der Waals surface area contributed by atoms with E-state index in [0.29, 0.717) is 24.3 Å². The summed E-state index contributed by atoms with van der Waals surface area (Å²) in [6.07, 6.45) is 5.33. The van der Waals surface area contributed by atoms with Crippen LogP contribution in [0.25, 0.3) is 0 Å². The zero-order valence-corrected chi connectivity index (χ0v) is 10.6. The fraction of sp³-hybridized carbons (Fsp3) is 0.750. The molecular weight excluding hydrogens is 236 g/mol. The molecule has 1 aliphatic carbocycles. The van der Waals surface area contributed by atoms with Crippen molar-refractivity contribution in [1.29, 1.82) is 5.26 Å². The number of nitrogens with zero attached hydrogens (tertiary/aromatic N) is 2. The molecule has 0 bridgehead atoms. The number of carbonyl (C=O) groups excluding carboxylic acids is 2. The van der Waals surface area contributed by atoms with E-state index in [9.17, 15) is 14.9 Å². The van der Waals surface area contributed by atoms with Gasteiger partial charge in [0.1, 0.15) is 5.54 Å². The molecule has 17 heavy (non-hydrogen) atoms. The Kier molecular flexibility index (Phi) is 3.72. The van der Waals surface area contributed by atoms with Crippen LogP contribution in [0.1, 0.15) is 38.5 Å². The van der Waals surface area contributed by atoms with E-state index < -0.39 is 5.54 Å². The Morgan fingerprint density at radius 3 is 2.06 bits per heavy atom. The summed E-state index contributed by atoms with van der Waals surface area (Å²) in [5, 5.41) is 9.45. The number of hydrogen-bond acceptors (Lipinski definition) is 4. The largest absolute Gasteiger partial charge is 0.273 e. The molecule has 0 atom stereocenters. The number of amides is 2. The van der Waals surface area contributed by atoms with Crippen molar-refractivity contribution in [3.63, 3.8) is 0 Å². The fourth-order valence-corrected chi connectivity index (χ4v) is 3.38. The summed E-state index contributed by atoms with van der Waals surface area (Å²) in [6.45, 7) is 0. The Bertz CT molecular complexity index is 351. The molecule has 1 heterocycles. The molecule has 92 valence electrons. The lowest BCUT2D eigenvalue weighted by Gasteiger charge is -2.38. The molecule has 0 spiro atoms. The summed E-state index contributed by atoms with van der Waals surface area (Å²) in [4.78, 5) is 25.1. The second kappa shape index (κ2) is 5.09. The van der Waals surface area contributed by atoms with Gasteiger partial charge < -0.3 is 0 Å². The maximum atomic E-state index is 11.9. The SMILES string of the molecule is N#CC1(N2C(=O)CSCC2=O)CCCCCC1. The third-order valence-corrected chi connectivity index (χ3v) is 4.42. The van der Waals surface area contributed by atoms with E-state index in [0.717, 1.165) is 25.7 Å². The molecule has 2 rings (SSSR count). The van der Waals surface area contributed by atoms with Crippen LogP contribution in [0.15, 0.2) is 0 Å². The Morgan fingerprint density at radius 2 is 1.59 bits per heavy atom. The Morgan fingerprint density at radius 1 is 1.06 bits per heavy atom. The second-order valence-corrected chi connectivity index (χ2v) is 5.66. The summed E-state index contributed by atoms with van der Waals surface area (Å²) in [5.74, 6) is 0.286. The van der Waals surface area contributed by atoms with Gasteiger partial charge in [-0.25, -0.2) is 0 Å². The number of carbonyl (C=O) groups is 2. The van der Waals surface area contributed by atoms with Crippen LogP contribution in [0.4, 0.5) is 0 Å². The third kappa shape index (κ3) is 2.32. The predicted molar refractivity (Wildman–Crippen MR) is 65.2 cm³/mol. The molecule has 2 fully saturated rings. The molecule has 0 aromatic rings. The Hall–Kier alpha value is -1.02. The van der Waals surface area contributed by atoms with Crippen molar-refractivity contribution < 1.29 is 9.59 Å². The summed E-state index contributed by atoms with van der Waals surface area (Å²) < 4.78 is 0. The highest BCUT2D eigenvalue weighted by Crippen LogP contribution is 2.34. The monoisotopic (exact) mass is 252 g/mol. The number of thioether (sulfide) groups is 1. The molecule has 4 nitrogen and oxygen atoms in total. The van der Waals surface area contributed by atoms with Gasteiger partial charge in [-0.2, -0.15) is 5.26 Å². The van der Waals surface area contributed by atoms with Gasteiger partial charge in [0.2, 0.25) is 11.8 Å². The van der Waals surface area contributed by atoms with Crippen molar-refractivity contribution in [2.75, 3.05) is 11.5 Å². The lowest BCUT2D eigenvalue weighted by molar-refractivity contribution is -0.148. The molecule has 0 N–H and O–H groups in total. The number of nitriles is 1. The van der Waals surface area contributed by atoms with Crippen molar-refractivity contribution in [2.45, 2.75) is 44.1 Å². The number of imide groups is 1. The lowest BCUT2D eigenvalue weighted by Crippen LogP contribution is -2.57. The van der Waals surface area contributed by atoms with Crippen LogP contribution in [0, 0.1) is 11.3 Å². The van der Waals surface area contributed by atoms with E-state index in [-0.39, 0.29) is 11.8 Å². The summed E-state index contributed by atoms with van der Waals surface area (Å²) in [5.41, 5.74) is -0.856. The molecule has 0 unspecified atom stereocenters.